The standard InChI is InChI=1S/C15H12ClN3S/c16-13-4-2-1-3-12(13)14-9-20-15(19-14)18-11-7-5-10(17)6-8-11/h1-9H,17H2,(H,18,19). The van der Waals surface area contributed by atoms with Gasteiger partial charge >= 0.3 is 0 Å². The van der Waals surface area contributed by atoms with Gasteiger partial charge in [-0.3, -0.25) is 0 Å². The van der Waals surface area contributed by atoms with Crippen LogP contribution in [0.15, 0.2) is 53.9 Å². The van der Waals surface area contributed by atoms with Crippen LogP contribution < -0.4 is 11.1 Å². The van der Waals surface area contributed by atoms with Crippen molar-refractivity contribution in [2.45, 2.75) is 0 Å². The summed E-state index contributed by atoms with van der Waals surface area (Å²) in [5, 5.41) is 6.77. The molecular weight excluding hydrogens is 290 g/mol. The first-order chi connectivity index (χ1) is 9.72. The number of nitrogens with two attached hydrogens (primary N) is 1. The van der Waals surface area contributed by atoms with Crippen LogP contribution >= 0.6 is 22.9 Å². The number of nitrogen functional groups attached to an aromatic ring is 1. The number of hydrogen-bond acceptors (Lipinski definition) is 4. The van der Waals surface area contributed by atoms with Crippen molar-refractivity contribution in [2.24, 2.45) is 0 Å². The lowest BCUT2D eigenvalue weighted by atomic mass is 10.2. The van der Waals surface area contributed by atoms with Gasteiger partial charge < -0.3 is 11.1 Å². The van der Waals surface area contributed by atoms with E-state index in [4.69, 9.17) is 17.3 Å². The van der Waals surface area contributed by atoms with Crippen molar-refractivity contribution < 1.29 is 0 Å². The first-order valence-electron chi connectivity index (χ1n) is 6.05. The maximum absolute atomic E-state index is 6.18. The second kappa shape index (κ2) is 5.53. The van der Waals surface area contributed by atoms with E-state index in [0.29, 0.717) is 5.02 Å². The van der Waals surface area contributed by atoms with Crippen molar-refractivity contribution in [3.8, 4) is 11.3 Å². The Balaban J connectivity index is 1.84. The van der Waals surface area contributed by atoms with Gasteiger partial charge in [-0.1, -0.05) is 29.8 Å². The van der Waals surface area contributed by atoms with Gasteiger partial charge in [0, 0.05) is 27.3 Å². The molecule has 0 aliphatic rings. The van der Waals surface area contributed by atoms with Crippen LogP contribution in [0.1, 0.15) is 0 Å². The fourth-order valence-electron chi connectivity index (χ4n) is 1.81. The fraction of sp³-hybridized carbons (Fsp3) is 0. The number of benzene rings is 2. The number of rotatable bonds is 3. The minimum atomic E-state index is 0.705. The van der Waals surface area contributed by atoms with Gasteiger partial charge in [-0.25, -0.2) is 4.98 Å². The van der Waals surface area contributed by atoms with Gasteiger partial charge in [0.15, 0.2) is 5.13 Å². The van der Waals surface area contributed by atoms with Crippen molar-refractivity contribution in [1.82, 2.24) is 4.98 Å². The molecular formula is C15H12ClN3S. The molecule has 0 saturated heterocycles. The van der Waals surface area contributed by atoms with E-state index < -0.39 is 0 Å². The quantitative estimate of drug-likeness (QED) is 0.684. The highest BCUT2D eigenvalue weighted by Gasteiger charge is 2.07. The molecule has 0 fully saturated rings. The van der Waals surface area contributed by atoms with Gasteiger partial charge in [-0.05, 0) is 30.3 Å². The normalized spacial score (nSPS) is 10.4. The molecule has 0 saturated carbocycles. The Hall–Kier alpha value is -2.04. The lowest BCUT2D eigenvalue weighted by Crippen LogP contribution is -1.90. The fourth-order valence-corrected chi connectivity index (χ4v) is 2.78. The van der Waals surface area contributed by atoms with Crippen LogP contribution in [0.2, 0.25) is 5.02 Å². The third-order valence-corrected chi connectivity index (χ3v) is 3.90. The largest absolute Gasteiger partial charge is 0.399 e. The zero-order valence-corrected chi connectivity index (χ0v) is 12.1. The summed E-state index contributed by atoms with van der Waals surface area (Å²) in [4.78, 5) is 4.55. The highest BCUT2D eigenvalue weighted by molar-refractivity contribution is 7.14. The molecule has 0 unspecified atom stereocenters. The number of hydrogen-bond donors (Lipinski definition) is 2. The first kappa shape index (κ1) is 13.0. The maximum atomic E-state index is 6.18. The number of thiazole rings is 1. The monoisotopic (exact) mass is 301 g/mol. The second-order valence-corrected chi connectivity index (χ2v) is 5.53. The van der Waals surface area contributed by atoms with Gasteiger partial charge in [0.2, 0.25) is 0 Å². The Morgan fingerprint density at radius 1 is 1.05 bits per heavy atom. The number of aromatic nitrogens is 1. The molecule has 0 radical (unpaired) electrons. The second-order valence-electron chi connectivity index (χ2n) is 4.26. The minimum Gasteiger partial charge on any atom is -0.399 e. The average molecular weight is 302 g/mol. The molecule has 0 aliphatic heterocycles. The number of nitrogens with one attached hydrogen (secondary N) is 1. The number of nitrogens with zero attached hydrogens (tertiary/aromatic N) is 1. The van der Waals surface area contributed by atoms with Crippen LogP contribution in [0.3, 0.4) is 0 Å². The summed E-state index contributed by atoms with van der Waals surface area (Å²) in [5.74, 6) is 0. The van der Waals surface area contributed by atoms with E-state index in [1.54, 1.807) is 11.3 Å². The highest BCUT2D eigenvalue weighted by Crippen LogP contribution is 2.31. The Morgan fingerprint density at radius 3 is 2.55 bits per heavy atom. The average Bonchev–Trinajstić information content (AvgIpc) is 2.90. The number of halogens is 1. The molecule has 0 bridgehead atoms. The molecule has 3 aromatic rings. The number of anilines is 3. The van der Waals surface area contributed by atoms with E-state index >= 15 is 0 Å². The molecule has 1 heterocycles. The molecule has 5 heteroatoms. The van der Waals surface area contributed by atoms with Crippen LogP contribution in [0, 0.1) is 0 Å². The van der Waals surface area contributed by atoms with E-state index in [2.05, 4.69) is 10.3 Å². The van der Waals surface area contributed by atoms with Crippen LogP contribution in [0.5, 0.6) is 0 Å². The van der Waals surface area contributed by atoms with E-state index in [1.165, 1.54) is 0 Å². The summed E-state index contributed by atoms with van der Waals surface area (Å²) in [7, 11) is 0. The van der Waals surface area contributed by atoms with Crippen molar-refractivity contribution in [2.75, 3.05) is 11.1 Å². The summed E-state index contributed by atoms with van der Waals surface area (Å²) < 4.78 is 0. The molecule has 3 nitrogen and oxygen atoms in total. The summed E-state index contributed by atoms with van der Waals surface area (Å²) >= 11 is 7.72. The van der Waals surface area contributed by atoms with Crippen molar-refractivity contribution in [3.05, 3.63) is 58.9 Å². The molecule has 0 aliphatic carbocycles. The molecule has 0 atom stereocenters. The Kier molecular flexibility index (Phi) is 3.58. The van der Waals surface area contributed by atoms with E-state index in [9.17, 15) is 0 Å². The minimum absolute atomic E-state index is 0.705. The first-order valence-corrected chi connectivity index (χ1v) is 7.31. The zero-order valence-electron chi connectivity index (χ0n) is 10.5. The third kappa shape index (κ3) is 2.76. The summed E-state index contributed by atoms with van der Waals surface area (Å²) in [6.45, 7) is 0. The van der Waals surface area contributed by atoms with Gasteiger partial charge in [-0.2, -0.15) is 0 Å². The molecule has 3 N–H and O–H groups in total. The molecule has 2 aromatic carbocycles. The van der Waals surface area contributed by atoms with E-state index in [-0.39, 0.29) is 0 Å². The molecule has 0 amide bonds. The predicted octanol–water partition coefficient (Wildman–Crippen LogP) is 4.79. The SMILES string of the molecule is Nc1ccc(Nc2nc(-c3ccccc3Cl)cs2)cc1. The van der Waals surface area contributed by atoms with Gasteiger partial charge in [0.25, 0.3) is 0 Å². The third-order valence-electron chi connectivity index (χ3n) is 2.82. The van der Waals surface area contributed by atoms with Crippen molar-refractivity contribution >= 4 is 39.4 Å². The molecule has 0 spiro atoms. The lowest BCUT2D eigenvalue weighted by Gasteiger charge is -2.02. The Bertz CT molecular complexity index is 722. The van der Waals surface area contributed by atoms with Crippen molar-refractivity contribution in [1.29, 1.82) is 0 Å². The van der Waals surface area contributed by atoms with Gasteiger partial charge in [0.1, 0.15) is 0 Å². The molecule has 20 heavy (non-hydrogen) atoms. The van der Waals surface area contributed by atoms with Crippen LogP contribution in [-0.2, 0) is 0 Å². The van der Waals surface area contributed by atoms with Crippen molar-refractivity contribution in [3.63, 3.8) is 0 Å². The van der Waals surface area contributed by atoms with E-state index in [0.717, 1.165) is 27.8 Å². The van der Waals surface area contributed by atoms with Crippen LogP contribution in [0.4, 0.5) is 16.5 Å². The summed E-state index contributed by atoms with van der Waals surface area (Å²) in [5.41, 5.74) is 9.18. The van der Waals surface area contributed by atoms with E-state index in [1.807, 2.05) is 53.9 Å². The summed E-state index contributed by atoms with van der Waals surface area (Å²) in [6, 6.07) is 15.2. The van der Waals surface area contributed by atoms with Crippen LogP contribution in [0.25, 0.3) is 11.3 Å². The van der Waals surface area contributed by atoms with Crippen LogP contribution in [-0.4, -0.2) is 4.98 Å². The molecule has 3 rings (SSSR count). The Morgan fingerprint density at radius 2 is 1.80 bits per heavy atom. The summed E-state index contributed by atoms with van der Waals surface area (Å²) in [6.07, 6.45) is 0. The molecule has 1 aromatic heterocycles. The van der Waals surface area contributed by atoms with Gasteiger partial charge in [-0.15, -0.1) is 11.3 Å². The molecule has 100 valence electrons. The Labute approximate surface area is 126 Å². The zero-order chi connectivity index (χ0) is 13.9. The predicted molar refractivity (Wildman–Crippen MR) is 86.7 cm³/mol. The smallest absolute Gasteiger partial charge is 0.187 e. The maximum Gasteiger partial charge on any atom is 0.187 e. The lowest BCUT2D eigenvalue weighted by molar-refractivity contribution is 1.38. The highest BCUT2D eigenvalue weighted by atomic mass is 35.5. The topological polar surface area (TPSA) is 50.9 Å². The van der Waals surface area contributed by atoms with Gasteiger partial charge in [0.05, 0.1) is 5.69 Å².